The largest absolute Gasteiger partial charge is 0.477 e. The van der Waals surface area contributed by atoms with Crippen molar-refractivity contribution < 1.29 is 58.4 Å². The SMILES string of the molecule is C1=Nc2ccccc2C1.CCOC(=O)c1cn(C)nc1I.Cl.Cn1cc(C(=O)NC(Cc2ccccc2)C(=O)C(N)=O)c(-n2cnc3ccccc32)n1.Cn1cc(C(=O)NC(Cc2ccccc2)C(O)C(N)=O)c(-n2cnc3ccccc32)n1.Cn1cc(C(=O)O)c(-n2cnc3ccccc32)n1.NC(=O)C(O)C(N)Cc1ccccc1. The summed E-state index contributed by atoms with van der Waals surface area (Å²) in [4.78, 5) is 112. The van der Waals surface area contributed by atoms with Gasteiger partial charge in [0.15, 0.2) is 23.6 Å². The first-order valence-corrected chi connectivity index (χ1v) is 36.7. The van der Waals surface area contributed by atoms with Gasteiger partial charge in [0.05, 0.1) is 51.4 Å². The number of nitrogens with one attached hydrogen (secondary N) is 2. The van der Waals surface area contributed by atoms with Crippen LogP contribution in [-0.2, 0) is 77.8 Å². The van der Waals surface area contributed by atoms with E-state index in [1.165, 1.54) is 25.8 Å². The lowest BCUT2D eigenvalue weighted by molar-refractivity contribution is -0.137. The molecule has 0 bridgehead atoms. The lowest BCUT2D eigenvalue weighted by Gasteiger charge is -2.22. The van der Waals surface area contributed by atoms with Gasteiger partial charge >= 0.3 is 11.9 Å². The van der Waals surface area contributed by atoms with Crippen LogP contribution in [0.2, 0.25) is 0 Å². The zero-order valence-corrected chi connectivity index (χ0v) is 66.2. The number of ether oxygens (including phenoxy) is 1. The number of aromatic nitrogens is 14. The molecule has 33 nitrogen and oxygen atoms in total. The van der Waals surface area contributed by atoms with E-state index in [-0.39, 0.29) is 47.9 Å². The maximum Gasteiger partial charge on any atom is 0.342 e. The van der Waals surface area contributed by atoms with E-state index in [2.05, 4.69) is 57.0 Å². The molecule has 5 unspecified atom stereocenters. The number of aromatic carboxylic acids is 1. The van der Waals surface area contributed by atoms with E-state index >= 15 is 0 Å². The highest BCUT2D eigenvalue weighted by Crippen LogP contribution is 2.26. The van der Waals surface area contributed by atoms with Gasteiger partial charge in [-0.05, 0) is 107 Å². The molecule has 598 valence electrons. The lowest BCUT2D eigenvalue weighted by Crippen LogP contribution is -2.50. The smallest absolute Gasteiger partial charge is 0.342 e. The average Bonchev–Trinajstić information content (AvgIpc) is 1.64. The number of aliphatic hydroxyl groups excluding tert-OH is 2. The molecule has 7 aromatic heterocycles. The second-order valence-electron chi connectivity index (χ2n) is 25.9. The topological polar surface area (TPSA) is 472 Å². The van der Waals surface area contributed by atoms with Gasteiger partial charge in [0.1, 0.15) is 57.1 Å². The Hall–Kier alpha value is -13.7. The highest BCUT2D eigenvalue weighted by atomic mass is 127. The molecule has 5 atom stereocenters. The third-order valence-corrected chi connectivity index (χ3v) is 18.2. The number of hydrogen-bond acceptors (Lipinski definition) is 20. The van der Waals surface area contributed by atoms with Crippen LogP contribution < -0.4 is 33.6 Å². The van der Waals surface area contributed by atoms with Gasteiger partial charge in [0, 0.05) is 78.1 Å². The van der Waals surface area contributed by atoms with E-state index in [1.807, 2.05) is 199 Å². The predicted molar refractivity (Wildman–Crippen MR) is 443 cm³/mol. The van der Waals surface area contributed by atoms with Gasteiger partial charge in [-0.2, -0.15) is 20.4 Å². The number of primary amides is 3. The molecule has 0 aliphatic carbocycles. The number of carboxylic acid groups (broad SMARTS) is 1. The van der Waals surface area contributed by atoms with Gasteiger partial charge < -0.3 is 53.6 Å². The molecular formula is C81H83ClIN21O12. The van der Waals surface area contributed by atoms with E-state index in [1.54, 1.807) is 103 Å². The van der Waals surface area contributed by atoms with Crippen LogP contribution in [0.3, 0.4) is 0 Å². The molecule has 0 saturated heterocycles. The minimum atomic E-state index is -1.54. The van der Waals surface area contributed by atoms with Gasteiger partial charge in [-0.3, -0.25) is 66.2 Å². The number of rotatable bonds is 22. The molecule has 0 fully saturated rings. The summed E-state index contributed by atoms with van der Waals surface area (Å²) in [5.41, 5.74) is 32.1. The fourth-order valence-corrected chi connectivity index (χ4v) is 12.6. The Labute approximate surface area is 683 Å². The molecule has 0 spiro atoms. The van der Waals surface area contributed by atoms with Crippen molar-refractivity contribution in [3.05, 3.63) is 280 Å². The van der Waals surface area contributed by atoms with Crippen molar-refractivity contribution in [2.75, 3.05) is 6.61 Å². The van der Waals surface area contributed by atoms with Gasteiger partial charge in [-0.1, -0.05) is 146 Å². The fourth-order valence-electron chi connectivity index (χ4n) is 11.9. The molecule has 14 aromatic rings. The van der Waals surface area contributed by atoms with Crippen LogP contribution in [0, 0.1) is 3.70 Å². The highest BCUT2D eigenvalue weighted by molar-refractivity contribution is 14.1. The van der Waals surface area contributed by atoms with Crippen LogP contribution >= 0.6 is 35.0 Å². The quantitative estimate of drug-likeness (QED) is 0.0198. The monoisotopic (exact) mass is 1700 g/mol. The number of esters is 1. The van der Waals surface area contributed by atoms with Gasteiger partial charge in [0.2, 0.25) is 17.6 Å². The van der Waals surface area contributed by atoms with Crippen molar-refractivity contribution >= 4 is 127 Å². The first-order chi connectivity index (χ1) is 55.3. The summed E-state index contributed by atoms with van der Waals surface area (Å²) < 4.78 is 16.7. The number of carbonyl (C=O) groups excluding carboxylic acids is 7. The number of benzene rings is 7. The first kappa shape index (κ1) is 86.3. The Morgan fingerprint density at radius 2 is 0.879 bits per heavy atom. The van der Waals surface area contributed by atoms with Crippen LogP contribution in [0.1, 0.15) is 70.6 Å². The summed E-state index contributed by atoms with van der Waals surface area (Å²) in [6.45, 7) is 2.17. The Morgan fingerprint density at radius 3 is 1.30 bits per heavy atom. The maximum atomic E-state index is 13.2. The van der Waals surface area contributed by atoms with Crippen molar-refractivity contribution in [1.29, 1.82) is 0 Å². The van der Waals surface area contributed by atoms with Crippen LogP contribution in [0.4, 0.5) is 5.69 Å². The van der Waals surface area contributed by atoms with Crippen molar-refractivity contribution in [1.82, 2.24) is 78.4 Å². The number of para-hydroxylation sites is 7. The third kappa shape index (κ3) is 22.4. The Morgan fingerprint density at radius 1 is 0.491 bits per heavy atom. The molecule has 15 rings (SSSR count). The number of ketones is 1. The summed E-state index contributed by atoms with van der Waals surface area (Å²) in [6.07, 6.45) is 12.0. The number of hydrogen-bond donors (Lipinski definition) is 9. The van der Waals surface area contributed by atoms with Crippen molar-refractivity contribution in [2.45, 2.75) is 62.9 Å². The van der Waals surface area contributed by atoms with Gasteiger partial charge in [-0.25, -0.2) is 24.5 Å². The third-order valence-electron chi connectivity index (χ3n) is 17.5. The molecule has 0 saturated carbocycles. The summed E-state index contributed by atoms with van der Waals surface area (Å²) >= 11 is 2.00. The summed E-state index contributed by atoms with van der Waals surface area (Å²) in [6, 6.07) is 55.8. The minimum Gasteiger partial charge on any atom is -0.477 e. The van der Waals surface area contributed by atoms with E-state index in [0.29, 0.717) is 39.7 Å². The first-order valence-electron chi connectivity index (χ1n) is 35.6. The number of amides is 5. The second kappa shape index (κ2) is 40.7. The maximum absolute atomic E-state index is 13.2. The highest BCUT2D eigenvalue weighted by Gasteiger charge is 2.31. The zero-order chi connectivity index (χ0) is 82.4. The fraction of sp³-hybridized carbons (Fsp3) is 0.185. The zero-order valence-electron chi connectivity index (χ0n) is 63.3. The summed E-state index contributed by atoms with van der Waals surface area (Å²) in [7, 11) is 6.86. The Kier molecular flexibility index (Phi) is 30.3. The number of imidazole rings is 3. The predicted octanol–water partition coefficient (Wildman–Crippen LogP) is 6.53. The van der Waals surface area contributed by atoms with E-state index < -0.39 is 71.6 Å². The molecule has 7 aromatic carbocycles. The molecule has 116 heavy (non-hydrogen) atoms. The number of carbonyl (C=O) groups is 8. The molecule has 13 N–H and O–H groups in total. The van der Waals surface area contributed by atoms with Crippen molar-refractivity contribution in [3.8, 4) is 17.5 Å². The number of fused-ring (bicyclic) bond motifs is 4. The number of aliphatic hydroxyl groups is 2. The number of Topliss-reactive ketones (excluding diaryl/α,β-unsaturated/α-hetero) is 1. The Bertz CT molecular complexity index is 5780. The van der Waals surface area contributed by atoms with Crippen LogP contribution in [-0.4, -0.2) is 174 Å². The number of aryl methyl sites for hydroxylation is 4. The average molecular weight is 1710 g/mol. The Balaban J connectivity index is 0.000000167. The molecular weight excluding hydrogens is 1620 g/mol. The van der Waals surface area contributed by atoms with Gasteiger partial charge in [-0.15, -0.1) is 12.4 Å². The number of nitrogens with two attached hydrogens (primary N) is 4. The number of nitrogens with zero attached hydrogens (tertiary/aromatic N) is 15. The van der Waals surface area contributed by atoms with Crippen molar-refractivity contribution in [2.24, 2.45) is 56.1 Å². The summed E-state index contributed by atoms with van der Waals surface area (Å²) in [5, 5.41) is 51.2. The van der Waals surface area contributed by atoms with E-state index in [4.69, 9.17) is 32.8 Å². The minimum absolute atomic E-state index is 0. The summed E-state index contributed by atoms with van der Waals surface area (Å²) in [5.74, 6) is -4.88. The second-order valence-corrected chi connectivity index (χ2v) is 26.9. The number of carboxylic acids is 1. The van der Waals surface area contributed by atoms with Crippen LogP contribution in [0.15, 0.2) is 237 Å². The molecule has 5 amide bonds. The standard InChI is InChI=1S/C22H22N6O3.C22H20N6O3.C12H10N4O2.C10H14N2O2.C8H7N.C7H9IN2O2.ClH/c2*1-27-12-15(21(26-27)28-13-24-16-9-5-6-10-18(16)28)22(31)25-17(19(29)20(23)30)11-14-7-3-2-4-8-14;1-15-6-8(12(17)18)11(14-15)16-7-13-9-4-2-3-5-10(9)16;11-8(9(13)10(12)14)6-7-4-2-1-3-5-7;1-2-4-8-7(3-1)5-6-9-8;1-3-12-7(11)5-4-10(2)9-6(5)8;/h2-10,12-13,17,19,29H,11H2,1H3,(H2,23,30)(H,25,31);2-10,12-13,17H,11H2,1H3,(H2,23,30)(H,25,31);2-7H,1H3,(H,17,18);1-5,8-9,13H,6,11H2,(H2,12,14);1-4,6H,5H2;4H,3H2,1-2H3;1H. The number of halogens is 2. The molecule has 35 heteroatoms. The van der Waals surface area contributed by atoms with Crippen LogP contribution in [0.25, 0.3) is 50.6 Å². The molecule has 1 aliphatic rings. The van der Waals surface area contributed by atoms with E-state index in [9.17, 15) is 48.6 Å². The molecule has 1 aliphatic heterocycles. The lowest BCUT2D eigenvalue weighted by atomic mass is 10.0. The molecule has 8 heterocycles. The van der Waals surface area contributed by atoms with Crippen LogP contribution in [0.5, 0.6) is 0 Å². The number of aliphatic imine (C=N–C) groups is 1. The van der Waals surface area contributed by atoms with Crippen molar-refractivity contribution in [3.63, 3.8) is 0 Å². The van der Waals surface area contributed by atoms with E-state index in [0.717, 1.165) is 61.9 Å². The van der Waals surface area contributed by atoms with Gasteiger partial charge in [0.25, 0.3) is 17.7 Å². The normalized spacial score (nSPS) is 12.2. The molecule has 0 radical (unpaired) electrons.